The number of piperidine rings is 1. The summed E-state index contributed by atoms with van der Waals surface area (Å²) in [6.07, 6.45) is -4.57. The molecule has 41 heavy (non-hydrogen) atoms. The van der Waals surface area contributed by atoms with E-state index in [-0.39, 0.29) is 37.0 Å². The topological polar surface area (TPSA) is 108 Å². The molecule has 0 spiro atoms. The average molecular weight is 578 g/mol. The molecule has 12 heteroatoms. The van der Waals surface area contributed by atoms with E-state index in [0.29, 0.717) is 25.9 Å². The van der Waals surface area contributed by atoms with Gasteiger partial charge in [-0.2, -0.15) is 13.2 Å². The van der Waals surface area contributed by atoms with Crippen molar-refractivity contribution in [1.82, 2.24) is 10.2 Å². The third-order valence-electron chi connectivity index (χ3n) is 7.47. The van der Waals surface area contributed by atoms with Crippen molar-refractivity contribution in [2.45, 2.75) is 56.8 Å². The minimum Gasteiger partial charge on any atom is -0.476 e. The Hall–Kier alpha value is -3.80. The lowest BCUT2D eigenvalue weighted by Gasteiger charge is -2.40. The van der Waals surface area contributed by atoms with Gasteiger partial charge in [-0.05, 0) is 50.8 Å². The van der Waals surface area contributed by atoms with Gasteiger partial charge < -0.3 is 29.7 Å². The second kappa shape index (κ2) is 12.0. The number of nitrogens with zero attached hydrogens (tertiary/aromatic N) is 2. The van der Waals surface area contributed by atoms with Crippen LogP contribution in [-0.4, -0.2) is 72.9 Å². The fourth-order valence-corrected chi connectivity index (χ4v) is 5.39. The van der Waals surface area contributed by atoms with E-state index in [1.807, 2.05) is 30.3 Å². The molecule has 0 aliphatic carbocycles. The highest BCUT2D eigenvalue weighted by Crippen LogP contribution is 2.44. The molecule has 2 aliphatic heterocycles. The number of carbonyl (C=O) groups excluding carboxylic acids is 2. The predicted molar refractivity (Wildman–Crippen MR) is 144 cm³/mol. The molecule has 222 valence electrons. The molecule has 0 saturated carbocycles. The molecule has 2 heterocycles. The van der Waals surface area contributed by atoms with Crippen molar-refractivity contribution < 1.29 is 42.1 Å². The van der Waals surface area contributed by atoms with Crippen LogP contribution in [0, 0.1) is 0 Å². The molecule has 0 aromatic heterocycles. The number of nitrogens with one attached hydrogen (secondary N) is 1. The Morgan fingerprint density at radius 1 is 1.17 bits per heavy atom. The maximum Gasteiger partial charge on any atom is 0.417 e. The Morgan fingerprint density at radius 2 is 1.88 bits per heavy atom. The molecule has 1 saturated heterocycles. The van der Waals surface area contributed by atoms with Crippen molar-refractivity contribution in [3.8, 4) is 5.75 Å². The number of hydrogen-bond acceptors (Lipinski definition) is 5. The van der Waals surface area contributed by atoms with Gasteiger partial charge in [-0.15, -0.1) is 0 Å². The molecule has 9 nitrogen and oxygen atoms in total. The summed E-state index contributed by atoms with van der Waals surface area (Å²) in [6, 6.07) is 10.1. The highest BCUT2D eigenvalue weighted by molar-refractivity contribution is 6.05. The van der Waals surface area contributed by atoms with Crippen molar-refractivity contribution in [1.29, 1.82) is 0 Å². The van der Waals surface area contributed by atoms with E-state index in [0.717, 1.165) is 22.6 Å². The first-order valence-electron chi connectivity index (χ1n) is 13.4. The minimum absolute atomic E-state index is 0.0697. The Morgan fingerprint density at radius 3 is 2.51 bits per heavy atom. The van der Waals surface area contributed by atoms with Gasteiger partial charge in [-0.3, -0.25) is 9.59 Å². The van der Waals surface area contributed by atoms with Crippen molar-refractivity contribution >= 4 is 23.6 Å². The highest BCUT2D eigenvalue weighted by Gasteiger charge is 2.45. The number of carboxylic acid groups (broad SMARTS) is 1. The lowest BCUT2D eigenvalue weighted by Crippen LogP contribution is -2.53. The number of hydrogen-bond donors (Lipinski definition) is 2. The van der Waals surface area contributed by atoms with E-state index in [4.69, 9.17) is 9.47 Å². The van der Waals surface area contributed by atoms with Crippen LogP contribution in [0.1, 0.15) is 60.5 Å². The molecule has 2 atom stereocenters. The summed E-state index contributed by atoms with van der Waals surface area (Å²) in [4.78, 5) is 41.0. The van der Waals surface area contributed by atoms with Gasteiger partial charge in [0.2, 0.25) is 0 Å². The van der Waals surface area contributed by atoms with E-state index in [1.54, 1.807) is 7.11 Å². The summed E-state index contributed by atoms with van der Waals surface area (Å²) in [5.41, 5.74) is -2.38. The Bertz CT molecular complexity index is 1280. The van der Waals surface area contributed by atoms with Gasteiger partial charge in [-0.25, -0.2) is 4.79 Å². The van der Waals surface area contributed by atoms with Crippen LogP contribution in [0.5, 0.6) is 5.75 Å². The summed E-state index contributed by atoms with van der Waals surface area (Å²) in [6.45, 7) is 3.74. The minimum atomic E-state index is -4.90. The monoisotopic (exact) mass is 577 g/mol. The van der Waals surface area contributed by atoms with Crippen molar-refractivity contribution in [3.63, 3.8) is 0 Å². The first-order chi connectivity index (χ1) is 19.3. The standard InChI is InChI=1S/C29H34F3N3O6/c1-28(2)26(37)35(12-7-8-14-40-3)23-15-20(21(29(30,31)32)16-24(23)41-28)25(36)33-22-17-34(27(38)39)13-11-19(22)18-9-5-4-6-10-18/h4-6,9-10,15-16,19,22H,7-8,11-14,17H2,1-3H3,(H,33,36)(H,38,39)/t19-,22+/m1/s1. The lowest BCUT2D eigenvalue weighted by atomic mass is 9.85. The maximum absolute atomic E-state index is 14.3. The average Bonchev–Trinajstić information content (AvgIpc) is 2.92. The number of methoxy groups -OCH3 is 1. The number of ether oxygens (including phenoxy) is 2. The smallest absolute Gasteiger partial charge is 0.417 e. The summed E-state index contributed by atoms with van der Waals surface area (Å²) in [5, 5.41) is 12.2. The summed E-state index contributed by atoms with van der Waals surface area (Å²) >= 11 is 0. The second-order valence-corrected chi connectivity index (χ2v) is 10.7. The normalized spacial score (nSPS) is 20.3. The molecule has 2 aromatic rings. The third-order valence-corrected chi connectivity index (χ3v) is 7.47. The van der Waals surface area contributed by atoms with Gasteiger partial charge in [0.1, 0.15) is 5.75 Å². The molecule has 0 bridgehead atoms. The van der Waals surface area contributed by atoms with Crippen LogP contribution >= 0.6 is 0 Å². The molecule has 0 unspecified atom stereocenters. The SMILES string of the molecule is COCCCCN1C(=O)C(C)(C)Oc2cc(C(F)(F)F)c(C(=O)N[C@H]3CN(C(=O)O)CC[C@@H]3c3ccccc3)cc21. The largest absolute Gasteiger partial charge is 0.476 e. The number of alkyl halides is 3. The van der Waals surface area contributed by atoms with Crippen LogP contribution in [0.2, 0.25) is 0 Å². The molecule has 0 radical (unpaired) electrons. The number of carbonyl (C=O) groups is 3. The highest BCUT2D eigenvalue weighted by atomic mass is 19.4. The van der Waals surface area contributed by atoms with Crippen LogP contribution in [0.15, 0.2) is 42.5 Å². The number of unbranched alkanes of at least 4 members (excludes halogenated alkanes) is 1. The van der Waals surface area contributed by atoms with E-state index >= 15 is 0 Å². The quantitative estimate of drug-likeness (QED) is 0.432. The number of rotatable bonds is 8. The van der Waals surface area contributed by atoms with Crippen LogP contribution in [0.4, 0.5) is 23.7 Å². The zero-order valence-electron chi connectivity index (χ0n) is 23.2. The van der Waals surface area contributed by atoms with Crippen LogP contribution in [0.25, 0.3) is 0 Å². The van der Waals surface area contributed by atoms with Crippen molar-refractivity contribution in [2.75, 3.05) is 38.3 Å². The number of anilines is 1. The van der Waals surface area contributed by atoms with E-state index in [1.165, 1.54) is 18.7 Å². The van der Waals surface area contributed by atoms with Crippen molar-refractivity contribution in [2.24, 2.45) is 0 Å². The number of halogens is 3. The van der Waals surface area contributed by atoms with E-state index in [2.05, 4.69) is 5.32 Å². The number of benzene rings is 2. The van der Waals surface area contributed by atoms with Gasteiger partial charge in [0, 0.05) is 39.3 Å². The Labute approximate surface area is 236 Å². The molecule has 2 N–H and O–H groups in total. The number of likely N-dealkylation sites (tertiary alicyclic amines) is 1. The van der Waals surface area contributed by atoms with Crippen LogP contribution in [-0.2, 0) is 15.7 Å². The first kappa shape index (κ1) is 30.2. The summed E-state index contributed by atoms with van der Waals surface area (Å²) in [5.74, 6) is -1.93. The molecule has 2 aromatic carbocycles. The zero-order valence-corrected chi connectivity index (χ0v) is 23.2. The van der Waals surface area contributed by atoms with Gasteiger partial charge in [0.05, 0.1) is 22.9 Å². The fraction of sp³-hybridized carbons (Fsp3) is 0.483. The first-order valence-corrected chi connectivity index (χ1v) is 13.4. The van der Waals surface area contributed by atoms with E-state index in [9.17, 15) is 32.7 Å². The van der Waals surface area contributed by atoms with Crippen LogP contribution < -0.4 is 15.0 Å². The molecule has 4 rings (SSSR count). The predicted octanol–water partition coefficient (Wildman–Crippen LogP) is 4.90. The maximum atomic E-state index is 14.3. The van der Waals surface area contributed by atoms with Crippen LogP contribution in [0.3, 0.4) is 0 Å². The third kappa shape index (κ3) is 6.58. The van der Waals surface area contributed by atoms with Crippen molar-refractivity contribution in [3.05, 3.63) is 59.2 Å². The Kier molecular flexibility index (Phi) is 8.81. The molecular weight excluding hydrogens is 543 g/mol. The fourth-order valence-electron chi connectivity index (χ4n) is 5.39. The summed E-state index contributed by atoms with van der Waals surface area (Å²) < 4.78 is 53.7. The zero-order chi connectivity index (χ0) is 29.9. The molecular formula is C29H34F3N3O6. The lowest BCUT2D eigenvalue weighted by molar-refractivity contribution is -0.138. The van der Waals surface area contributed by atoms with Gasteiger partial charge in [-0.1, -0.05) is 30.3 Å². The Balaban J connectivity index is 1.72. The summed E-state index contributed by atoms with van der Waals surface area (Å²) in [7, 11) is 1.55. The molecule has 3 amide bonds. The number of fused-ring (bicyclic) bond motifs is 1. The van der Waals surface area contributed by atoms with Gasteiger partial charge in [0.25, 0.3) is 11.8 Å². The second-order valence-electron chi connectivity index (χ2n) is 10.7. The number of amides is 3. The van der Waals surface area contributed by atoms with Gasteiger partial charge in [0.15, 0.2) is 5.60 Å². The molecule has 2 aliphatic rings. The molecule has 1 fully saturated rings. The van der Waals surface area contributed by atoms with E-state index < -0.39 is 46.9 Å². The van der Waals surface area contributed by atoms with Gasteiger partial charge >= 0.3 is 12.3 Å².